The summed E-state index contributed by atoms with van der Waals surface area (Å²) in [5.74, 6) is -1.10. The number of benzene rings is 2. The smallest absolute Gasteiger partial charge is 0.229 e. The zero-order valence-electron chi connectivity index (χ0n) is 11.5. The van der Waals surface area contributed by atoms with Crippen molar-refractivity contribution in [3.63, 3.8) is 0 Å². The monoisotopic (exact) mass is 350 g/mol. The Kier molecular flexibility index (Phi) is 5.09. The van der Waals surface area contributed by atoms with Crippen LogP contribution in [0.15, 0.2) is 53.0 Å². The largest absolute Gasteiger partial charge is 0.326 e. The zero-order chi connectivity index (χ0) is 15.4. The molecule has 0 aliphatic rings. The van der Waals surface area contributed by atoms with E-state index < -0.39 is 17.8 Å². The molecule has 2 unspecified atom stereocenters. The predicted octanol–water partition coefficient (Wildman–Crippen LogP) is 3.86. The summed E-state index contributed by atoms with van der Waals surface area (Å²) < 4.78 is 13.8. The fraction of sp³-hybridized carbons (Fsp3) is 0.188. The second-order valence-corrected chi connectivity index (χ2v) is 5.70. The molecule has 3 nitrogen and oxygen atoms in total. The lowest BCUT2D eigenvalue weighted by Crippen LogP contribution is -2.30. The van der Waals surface area contributed by atoms with E-state index in [1.54, 1.807) is 19.1 Å². The molecule has 0 aromatic heterocycles. The van der Waals surface area contributed by atoms with Gasteiger partial charge in [-0.2, -0.15) is 0 Å². The van der Waals surface area contributed by atoms with Gasteiger partial charge in [0.25, 0.3) is 0 Å². The average Bonchev–Trinajstić information content (AvgIpc) is 2.50. The van der Waals surface area contributed by atoms with Crippen molar-refractivity contribution in [1.82, 2.24) is 0 Å². The molecule has 2 aromatic carbocycles. The van der Waals surface area contributed by atoms with Crippen LogP contribution in [0.3, 0.4) is 0 Å². The summed E-state index contributed by atoms with van der Waals surface area (Å²) in [6, 6.07) is 13.5. The molecule has 0 bridgehead atoms. The maximum absolute atomic E-state index is 13.4. The molecule has 2 rings (SSSR count). The normalized spacial score (nSPS) is 13.5. The fourth-order valence-electron chi connectivity index (χ4n) is 1.96. The van der Waals surface area contributed by atoms with E-state index in [-0.39, 0.29) is 5.91 Å². The van der Waals surface area contributed by atoms with Crippen LogP contribution in [0.4, 0.5) is 10.1 Å². The van der Waals surface area contributed by atoms with Gasteiger partial charge in [-0.05, 0) is 39.7 Å². The molecule has 0 fully saturated rings. The standard InChI is InChI=1S/C16H16BrFN2O/c1-10(15(19)11-5-3-2-4-6-11)16(21)20-12-7-8-13(17)14(18)9-12/h2-10,15H,19H2,1H3,(H,20,21). The minimum atomic E-state index is -0.431. The highest BCUT2D eigenvalue weighted by Crippen LogP contribution is 2.23. The van der Waals surface area contributed by atoms with Crippen molar-refractivity contribution in [3.05, 3.63) is 64.4 Å². The van der Waals surface area contributed by atoms with Crippen LogP contribution in [0.1, 0.15) is 18.5 Å². The van der Waals surface area contributed by atoms with E-state index in [1.807, 2.05) is 30.3 Å². The van der Waals surface area contributed by atoms with Crippen LogP contribution >= 0.6 is 15.9 Å². The first-order valence-electron chi connectivity index (χ1n) is 6.55. The summed E-state index contributed by atoms with van der Waals surface area (Å²) in [5.41, 5.74) is 7.41. The van der Waals surface area contributed by atoms with Crippen LogP contribution in [-0.4, -0.2) is 5.91 Å². The Balaban J connectivity index is 2.07. The van der Waals surface area contributed by atoms with Gasteiger partial charge in [-0.3, -0.25) is 4.79 Å². The number of carbonyl (C=O) groups excluding carboxylic acids is 1. The van der Waals surface area contributed by atoms with Gasteiger partial charge >= 0.3 is 0 Å². The molecule has 0 aliphatic heterocycles. The Morgan fingerprint density at radius 1 is 1.24 bits per heavy atom. The summed E-state index contributed by atoms with van der Waals surface area (Å²) in [7, 11) is 0. The number of nitrogens with one attached hydrogen (secondary N) is 1. The minimum absolute atomic E-state index is 0.243. The van der Waals surface area contributed by atoms with Gasteiger partial charge in [-0.25, -0.2) is 4.39 Å². The molecule has 0 radical (unpaired) electrons. The lowest BCUT2D eigenvalue weighted by atomic mass is 9.94. The summed E-state index contributed by atoms with van der Waals surface area (Å²) in [4.78, 5) is 12.2. The number of hydrogen-bond acceptors (Lipinski definition) is 2. The van der Waals surface area contributed by atoms with Crippen molar-refractivity contribution in [1.29, 1.82) is 0 Å². The lowest BCUT2D eigenvalue weighted by molar-refractivity contribution is -0.120. The molecule has 0 spiro atoms. The highest BCUT2D eigenvalue weighted by Gasteiger charge is 2.22. The molecule has 1 amide bonds. The molecule has 0 saturated heterocycles. The first kappa shape index (κ1) is 15.7. The number of hydrogen-bond donors (Lipinski definition) is 2. The van der Waals surface area contributed by atoms with Crippen molar-refractivity contribution in [2.75, 3.05) is 5.32 Å². The third-order valence-corrected chi connectivity index (χ3v) is 3.97. The van der Waals surface area contributed by atoms with Gasteiger partial charge in [-0.1, -0.05) is 37.3 Å². The Bertz CT molecular complexity index is 633. The fourth-order valence-corrected chi connectivity index (χ4v) is 2.20. The SMILES string of the molecule is CC(C(=O)Nc1ccc(Br)c(F)c1)C(N)c1ccccc1. The second kappa shape index (κ2) is 6.83. The highest BCUT2D eigenvalue weighted by atomic mass is 79.9. The van der Waals surface area contributed by atoms with Gasteiger partial charge in [0.1, 0.15) is 5.82 Å². The lowest BCUT2D eigenvalue weighted by Gasteiger charge is -2.20. The molecule has 0 saturated carbocycles. The number of rotatable bonds is 4. The average molecular weight is 351 g/mol. The third-order valence-electron chi connectivity index (χ3n) is 3.32. The Hall–Kier alpha value is -1.72. The quantitative estimate of drug-likeness (QED) is 0.879. The van der Waals surface area contributed by atoms with Crippen molar-refractivity contribution >= 4 is 27.5 Å². The summed E-state index contributed by atoms with van der Waals surface area (Å²) in [6.07, 6.45) is 0. The van der Waals surface area contributed by atoms with Crippen LogP contribution in [0.2, 0.25) is 0 Å². The maximum atomic E-state index is 13.4. The van der Waals surface area contributed by atoms with E-state index in [2.05, 4.69) is 21.2 Å². The van der Waals surface area contributed by atoms with Gasteiger partial charge in [0.05, 0.1) is 10.4 Å². The third kappa shape index (κ3) is 3.89. The Morgan fingerprint density at radius 3 is 2.52 bits per heavy atom. The number of anilines is 1. The highest BCUT2D eigenvalue weighted by molar-refractivity contribution is 9.10. The number of amides is 1. The zero-order valence-corrected chi connectivity index (χ0v) is 13.1. The molecule has 5 heteroatoms. The number of halogens is 2. The molecule has 0 aliphatic carbocycles. The van der Waals surface area contributed by atoms with Crippen molar-refractivity contribution in [2.45, 2.75) is 13.0 Å². The van der Waals surface area contributed by atoms with E-state index >= 15 is 0 Å². The van der Waals surface area contributed by atoms with Crippen LogP contribution in [0.5, 0.6) is 0 Å². The number of nitrogens with two attached hydrogens (primary N) is 1. The van der Waals surface area contributed by atoms with E-state index in [4.69, 9.17) is 5.73 Å². The minimum Gasteiger partial charge on any atom is -0.326 e. The number of carbonyl (C=O) groups is 1. The first-order chi connectivity index (χ1) is 9.99. The van der Waals surface area contributed by atoms with Gasteiger partial charge < -0.3 is 11.1 Å². The summed E-state index contributed by atoms with van der Waals surface area (Å²) in [6.45, 7) is 1.75. The van der Waals surface area contributed by atoms with E-state index in [1.165, 1.54) is 6.07 Å². The van der Waals surface area contributed by atoms with E-state index in [0.29, 0.717) is 10.2 Å². The molecule has 21 heavy (non-hydrogen) atoms. The topological polar surface area (TPSA) is 55.1 Å². The second-order valence-electron chi connectivity index (χ2n) is 4.84. The van der Waals surface area contributed by atoms with E-state index in [9.17, 15) is 9.18 Å². The van der Waals surface area contributed by atoms with Crippen LogP contribution < -0.4 is 11.1 Å². The van der Waals surface area contributed by atoms with Crippen molar-refractivity contribution in [3.8, 4) is 0 Å². The van der Waals surface area contributed by atoms with Crippen LogP contribution in [-0.2, 0) is 4.79 Å². The summed E-state index contributed by atoms with van der Waals surface area (Å²) in [5, 5.41) is 2.68. The van der Waals surface area contributed by atoms with E-state index in [0.717, 1.165) is 5.56 Å². The Morgan fingerprint density at radius 2 is 1.90 bits per heavy atom. The van der Waals surface area contributed by atoms with Crippen molar-refractivity contribution in [2.24, 2.45) is 11.7 Å². The van der Waals surface area contributed by atoms with Crippen molar-refractivity contribution < 1.29 is 9.18 Å². The van der Waals surface area contributed by atoms with Crippen LogP contribution in [0, 0.1) is 11.7 Å². The predicted molar refractivity (Wildman–Crippen MR) is 85.3 cm³/mol. The molecular weight excluding hydrogens is 335 g/mol. The first-order valence-corrected chi connectivity index (χ1v) is 7.35. The van der Waals surface area contributed by atoms with Gasteiger partial charge in [0.15, 0.2) is 0 Å². The molecule has 2 aromatic rings. The van der Waals surface area contributed by atoms with Gasteiger partial charge in [-0.15, -0.1) is 0 Å². The summed E-state index contributed by atoms with van der Waals surface area (Å²) >= 11 is 3.07. The Labute approximate surface area is 131 Å². The van der Waals surface area contributed by atoms with Gasteiger partial charge in [0, 0.05) is 11.7 Å². The molecule has 0 heterocycles. The molecule has 2 atom stereocenters. The molecule has 110 valence electrons. The van der Waals surface area contributed by atoms with Gasteiger partial charge in [0.2, 0.25) is 5.91 Å². The maximum Gasteiger partial charge on any atom is 0.229 e. The molecule has 3 N–H and O–H groups in total. The van der Waals surface area contributed by atoms with Crippen LogP contribution in [0.25, 0.3) is 0 Å². The molecular formula is C16H16BrFN2O.